The number of carbonyl (C=O) groups is 1. The second-order valence-corrected chi connectivity index (χ2v) is 6.78. The van der Waals surface area contributed by atoms with Gasteiger partial charge in [0, 0.05) is 21.6 Å². The largest absolute Gasteiger partial charge is 0.494 e. The maximum Gasteiger partial charge on any atom is 0.182 e. The van der Waals surface area contributed by atoms with E-state index in [1.54, 1.807) is 29.3 Å². The van der Waals surface area contributed by atoms with Crippen molar-refractivity contribution in [3.63, 3.8) is 0 Å². The van der Waals surface area contributed by atoms with E-state index >= 15 is 0 Å². The highest BCUT2D eigenvalue weighted by molar-refractivity contribution is 8.02. The van der Waals surface area contributed by atoms with Crippen LogP contribution in [0.2, 0.25) is 0 Å². The molecule has 21 heavy (non-hydrogen) atoms. The summed E-state index contributed by atoms with van der Waals surface area (Å²) in [6, 6.07) is 9.76. The summed E-state index contributed by atoms with van der Waals surface area (Å²) in [5.41, 5.74) is 0.749. The van der Waals surface area contributed by atoms with Crippen LogP contribution in [0.4, 0.5) is 0 Å². The third kappa shape index (κ3) is 3.19. The summed E-state index contributed by atoms with van der Waals surface area (Å²) in [5.74, 6) is 0.868. The van der Waals surface area contributed by atoms with Crippen molar-refractivity contribution in [1.82, 2.24) is 0 Å². The van der Waals surface area contributed by atoms with E-state index in [-0.39, 0.29) is 11.0 Å². The van der Waals surface area contributed by atoms with Gasteiger partial charge in [-0.15, -0.1) is 23.1 Å². The van der Waals surface area contributed by atoms with Gasteiger partial charge in [0.25, 0.3) is 0 Å². The molecule has 0 aliphatic carbocycles. The molecule has 3 nitrogen and oxygen atoms in total. The van der Waals surface area contributed by atoms with Gasteiger partial charge in [0.1, 0.15) is 11.0 Å². The Labute approximate surface area is 132 Å². The van der Waals surface area contributed by atoms with Crippen molar-refractivity contribution in [2.24, 2.45) is 4.99 Å². The van der Waals surface area contributed by atoms with Crippen molar-refractivity contribution < 1.29 is 9.53 Å². The van der Waals surface area contributed by atoms with Crippen molar-refractivity contribution in [2.75, 3.05) is 6.61 Å². The summed E-state index contributed by atoms with van der Waals surface area (Å²) in [6.07, 6.45) is 1.77. The van der Waals surface area contributed by atoms with Crippen LogP contribution in [0, 0.1) is 0 Å². The monoisotopic (exact) mass is 317 g/mol. The van der Waals surface area contributed by atoms with Crippen LogP contribution in [0.3, 0.4) is 0 Å². The Morgan fingerprint density at radius 2 is 2.29 bits per heavy atom. The molecule has 1 aliphatic heterocycles. The van der Waals surface area contributed by atoms with Gasteiger partial charge in [0.15, 0.2) is 5.78 Å². The molecule has 0 saturated heterocycles. The van der Waals surface area contributed by atoms with Crippen LogP contribution in [0.5, 0.6) is 5.75 Å². The van der Waals surface area contributed by atoms with Crippen molar-refractivity contribution >= 4 is 35.1 Å². The van der Waals surface area contributed by atoms with Crippen LogP contribution in [0.1, 0.15) is 22.2 Å². The van der Waals surface area contributed by atoms with Gasteiger partial charge in [-0.2, -0.15) is 0 Å². The molecule has 3 rings (SSSR count). The molecule has 108 valence electrons. The average Bonchev–Trinajstić information content (AvgIpc) is 3.10. The molecule has 5 heteroatoms. The molecule has 1 aromatic carbocycles. The van der Waals surface area contributed by atoms with E-state index in [2.05, 4.69) is 11.1 Å². The van der Waals surface area contributed by atoms with E-state index in [0.29, 0.717) is 13.2 Å². The number of thiophene rings is 1. The number of benzene rings is 1. The van der Waals surface area contributed by atoms with Gasteiger partial charge in [-0.3, -0.25) is 9.79 Å². The van der Waals surface area contributed by atoms with E-state index in [9.17, 15) is 4.79 Å². The average molecular weight is 317 g/mol. The maximum atomic E-state index is 12.4. The van der Waals surface area contributed by atoms with Gasteiger partial charge in [-0.1, -0.05) is 6.07 Å². The first kappa shape index (κ1) is 14.4. The Balaban J connectivity index is 1.70. The van der Waals surface area contributed by atoms with Gasteiger partial charge in [0.05, 0.1) is 13.2 Å². The minimum Gasteiger partial charge on any atom is -0.494 e. The molecule has 0 fully saturated rings. The number of ether oxygens (including phenoxy) is 1. The highest BCUT2D eigenvalue weighted by atomic mass is 32.2. The molecule has 0 unspecified atom stereocenters. The number of nitrogens with zero attached hydrogens (tertiary/aromatic N) is 1. The summed E-state index contributed by atoms with van der Waals surface area (Å²) in [4.78, 5) is 19.0. The predicted octanol–water partition coefficient (Wildman–Crippen LogP) is 4.07. The van der Waals surface area contributed by atoms with Gasteiger partial charge in [-0.25, -0.2) is 0 Å². The van der Waals surface area contributed by atoms with Crippen LogP contribution in [-0.2, 0) is 6.54 Å². The van der Waals surface area contributed by atoms with Gasteiger partial charge in [-0.05, 0) is 36.6 Å². The van der Waals surface area contributed by atoms with Crippen LogP contribution in [-0.4, -0.2) is 23.9 Å². The van der Waals surface area contributed by atoms with Gasteiger partial charge < -0.3 is 4.74 Å². The molecule has 0 amide bonds. The molecule has 0 radical (unpaired) electrons. The zero-order valence-electron chi connectivity index (χ0n) is 11.6. The van der Waals surface area contributed by atoms with Crippen LogP contribution in [0.15, 0.2) is 45.6 Å². The summed E-state index contributed by atoms with van der Waals surface area (Å²) in [5, 5.41) is 1.82. The Kier molecular flexibility index (Phi) is 4.41. The lowest BCUT2D eigenvalue weighted by atomic mass is 10.1. The lowest BCUT2D eigenvalue weighted by Gasteiger charge is -2.03. The van der Waals surface area contributed by atoms with Crippen molar-refractivity contribution in [1.29, 1.82) is 0 Å². The lowest BCUT2D eigenvalue weighted by molar-refractivity contribution is 0.101. The van der Waals surface area contributed by atoms with Gasteiger partial charge in [0.2, 0.25) is 0 Å². The summed E-state index contributed by atoms with van der Waals surface area (Å²) >= 11 is 3.24. The lowest BCUT2D eigenvalue weighted by Crippen LogP contribution is -2.13. The third-order valence-electron chi connectivity index (χ3n) is 3.11. The first-order valence-electron chi connectivity index (χ1n) is 6.78. The fraction of sp³-hybridized carbons (Fsp3) is 0.250. The molecule has 0 saturated carbocycles. The molecule has 1 atom stereocenters. The molecule has 1 aliphatic rings. The smallest absolute Gasteiger partial charge is 0.182 e. The summed E-state index contributed by atoms with van der Waals surface area (Å²) < 4.78 is 5.45. The Bertz CT molecular complexity index is 665. The molecule has 0 spiro atoms. The number of Topliss-reactive ketones (excluding diaryl/α,β-unsaturated/α-hetero) is 1. The zero-order chi connectivity index (χ0) is 14.7. The molecule has 2 aromatic rings. The highest BCUT2D eigenvalue weighted by Crippen LogP contribution is 2.38. The number of thioether (sulfide) groups is 1. The van der Waals surface area contributed by atoms with E-state index in [0.717, 1.165) is 16.2 Å². The standard InChI is InChI=1S/C16H15NO2S2/c1-2-19-11-5-6-14-13(8-11)16(18)15(21-14)10-17-9-12-4-3-7-20-12/h3-8,10,15H,2,9H2,1H3/t15-/m0/s1. The van der Waals surface area contributed by atoms with Crippen molar-refractivity contribution in [3.8, 4) is 5.75 Å². The fourth-order valence-corrected chi connectivity index (χ4v) is 3.87. The van der Waals surface area contributed by atoms with E-state index in [1.807, 2.05) is 36.6 Å². The summed E-state index contributed by atoms with van der Waals surface area (Å²) in [7, 11) is 0. The summed E-state index contributed by atoms with van der Waals surface area (Å²) in [6.45, 7) is 3.18. The van der Waals surface area contributed by atoms with Crippen molar-refractivity contribution in [3.05, 3.63) is 46.2 Å². The predicted molar refractivity (Wildman–Crippen MR) is 88.1 cm³/mol. The first-order chi connectivity index (χ1) is 10.3. The molecule has 2 heterocycles. The molecular weight excluding hydrogens is 302 g/mol. The number of rotatable bonds is 5. The van der Waals surface area contributed by atoms with E-state index in [1.165, 1.54) is 4.88 Å². The second kappa shape index (κ2) is 6.45. The topological polar surface area (TPSA) is 38.7 Å². The normalized spacial score (nSPS) is 17.4. The molecule has 1 aromatic heterocycles. The molecule has 0 bridgehead atoms. The molecular formula is C16H15NO2S2. The quantitative estimate of drug-likeness (QED) is 0.780. The van der Waals surface area contributed by atoms with Crippen LogP contribution >= 0.6 is 23.1 Å². The number of ketones is 1. The Morgan fingerprint density at radius 3 is 3.05 bits per heavy atom. The number of hydrogen-bond donors (Lipinski definition) is 0. The maximum absolute atomic E-state index is 12.4. The molecule has 0 N–H and O–H groups in total. The zero-order valence-corrected chi connectivity index (χ0v) is 13.2. The fourth-order valence-electron chi connectivity index (χ4n) is 2.14. The van der Waals surface area contributed by atoms with Crippen LogP contribution < -0.4 is 4.74 Å². The highest BCUT2D eigenvalue weighted by Gasteiger charge is 2.30. The Morgan fingerprint density at radius 1 is 1.38 bits per heavy atom. The minimum atomic E-state index is -0.211. The second-order valence-electron chi connectivity index (χ2n) is 4.56. The minimum absolute atomic E-state index is 0.117. The number of aliphatic imine (C=N–C) groups is 1. The van der Waals surface area contributed by atoms with Crippen LogP contribution in [0.25, 0.3) is 0 Å². The van der Waals surface area contributed by atoms with Crippen molar-refractivity contribution in [2.45, 2.75) is 23.6 Å². The first-order valence-corrected chi connectivity index (χ1v) is 8.54. The number of fused-ring (bicyclic) bond motifs is 1. The number of hydrogen-bond acceptors (Lipinski definition) is 5. The Hall–Kier alpha value is -1.59. The van der Waals surface area contributed by atoms with E-state index in [4.69, 9.17) is 4.74 Å². The van der Waals surface area contributed by atoms with Gasteiger partial charge >= 0.3 is 0 Å². The SMILES string of the molecule is CCOc1ccc2c(c1)C(=O)[C@H](C=NCc1cccs1)S2. The third-order valence-corrected chi connectivity index (χ3v) is 5.17. The van der Waals surface area contributed by atoms with E-state index < -0.39 is 0 Å². The number of carbonyl (C=O) groups excluding carboxylic acids is 1.